The number of rotatable bonds is 6. The summed E-state index contributed by atoms with van der Waals surface area (Å²) in [5.74, 6) is 0.688. The fraction of sp³-hybridized carbons (Fsp3) is 0.316. The van der Waals surface area contributed by atoms with Gasteiger partial charge in [0, 0.05) is 30.4 Å². The lowest BCUT2D eigenvalue weighted by Gasteiger charge is -2.26. The predicted molar refractivity (Wildman–Crippen MR) is 104 cm³/mol. The average Bonchev–Trinajstić information content (AvgIpc) is 2.74. The first kappa shape index (κ1) is 20.1. The quantitative estimate of drug-likeness (QED) is 0.788. The molecule has 1 fully saturated rings. The molecule has 1 heterocycles. The molecule has 3 rings (SSSR count). The summed E-state index contributed by atoms with van der Waals surface area (Å²) < 4.78 is 42.2. The van der Waals surface area contributed by atoms with Gasteiger partial charge in [-0.3, -0.25) is 4.79 Å². The number of nitrogens with zero attached hydrogens (tertiary/aromatic N) is 1. The number of hydrogen-bond acceptors (Lipinski definition) is 6. The number of hydrogen-bond donors (Lipinski definition) is 1. The van der Waals surface area contributed by atoms with E-state index in [0.29, 0.717) is 49.1 Å². The topological polar surface area (TPSA) is 94.2 Å². The molecular formula is C19H22N2O6S. The Morgan fingerprint density at radius 3 is 2.25 bits per heavy atom. The lowest BCUT2D eigenvalue weighted by Crippen LogP contribution is -2.40. The molecule has 2 aromatic carbocycles. The number of sulfonamides is 1. The van der Waals surface area contributed by atoms with Gasteiger partial charge < -0.3 is 19.5 Å². The fourth-order valence-electron chi connectivity index (χ4n) is 2.83. The van der Waals surface area contributed by atoms with E-state index < -0.39 is 10.0 Å². The third-order valence-electron chi connectivity index (χ3n) is 4.37. The zero-order chi connectivity index (χ0) is 20.1. The number of anilines is 1. The van der Waals surface area contributed by atoms with E-state index >= 15 is 0 Å². The standard InChI is InChI=1S/C19H22N2O6S/c1-25-17-8-5-15(13-18(17)26-2)20-19(22)14-3-6-16(7-4-14)28(23,24)21-9-11-27-12-10-21/h3-8,13H,9-12H2,1-2H3,(H,20,22). The molecule has 1 aliphatic heterocycles. The van der Waals surface area contributed by atoms with E-state index in [-0.39, 0.29) is 10.8 Å². The van der Waals surface area contributed by atoms with Gasteiger partial charge in [-0.2, -0.15) is 4.31 Å². The second-order valence-corrected chi connectivity index (χ2v) is 8.00. The van der Waals surface area contributed by atoms with Crippen LogP contribution in [0.1, 0.15) is 10.4 Å². The smallest absolute Gasteiger partial charge is 0.255 e. The minimum atomic E-state index is -3.59. The molecule has 1 aliphatic rings. The Labute approximate surface area is 164 Å². The maximum atomic E-state index is 12.6. The summed E-state index contributed by atoms with van der Waals surface area (Å²) in [5.41, 5.74) is 0.878. The van der Waals surface area contributed by atoms with Crippen LogP contribution in [0.15, 0.2) is 47.4 Å². The van der Waals surface area contributed by atoms with Crippen LogP contribution in [-0.2, 0) is 14.8 Å². The summed E-state index contributed by atoms with van der Waals surface area (Å²) in [6, 6.07) is 10.9. The van der Waals surface area contributed by atoms with E-state index in [1.165, 1.54) is 42.8 Å². The van der Waals surface area contributed by atoms with E-state index in [0.717, 1.165) is 0 Å². The molecule has 0 aromatic heterocycles. The van der Waals surface area contributed by atoms with Gasteiger partial charge in [0.1, 0.15) is 0 Å². The molecule has 0 unspecified atom stereocenters. The van der Waals surface area contributed by atoms with E-state index in [2.05, 4.69) is 5.32 Å². The minimum absolute atomic E-state index is 0.150. The SMILES string of the molecule is COc1ccc(NC(=O)c2ccc(S(=O)(=O)N3CCOCC3)cc2)cc1OC. The van der Waals surface area contributed by atoms with Crippen LogP contribution in [0.4, 0.5) is 5.69 Å². The van der Waals surface area contributed by atoms with Crippen LogP contribution in [-0.4, -0.2) is 59.2 Å². The molecule has 0 aliphatic carbocycles. The number of methoxy groups -OCH3 is 2. The van der Waals surface area contributed by atoms with Crippen molar-refractivity contribution in [1.29, 1.82) is 0 Å². The molecule has 0 spiro atoms. The third kappa shape index (κ3) is 4.27. The first-order valence-electron chi connectivity index (χ1n) is 8.67. The van der Waals surface area contributed by atoms with Crippen molar-refractivity contribution in [3.63, 3.8) is 0 Å². The van der Waals surface area contributed by atoms with Gasteiger partial charge in [0.25, 0.3) is 5.91 Å². The van der Waals surface area contributed by atoms with Gasteiger partial charge in [0.2, 0.25) is 10.0 Å². The summed E-state index contributed by atoms with van der Waals surface area (Å²) in [4.78, 5) is 12.6. The van der Waals surface area contributed by atoms with Gasteiger partial charge >= 0.3 is 0 Å². The average molecular weight is 406 g/mol. The van der Waals surface area contributed by atoms with Gasteiger partial charge in [0.05, 0.1) is 32.3 Å². The summed E-state index contributed by atoms with van der Waals surface area (Å²) in [6.45, 7) is 1.41. The van der Waals surface area contributed by atoms with Crippen LogP contribution in [0.5, 0.6) is 11.5 Å². The monoisotopic (exact) mass is 406 g/mol. The number of morpholine rings is 1. The molecule has 1 saturated heterocycles. The highest BCUT2D eigenvalue weighted by Gasteiger charge is 2.26. The van der Waals surface area contributed by atoms with E-state index in [1.807, 2.05) is 0 Å². The first-order chi connectivity index (χ1) is 13.5. The Hall–Kier alpha value is -2.62. The summed E-state index contributed by atoms with van der Waals surface area (Å²) >= 11 is 0. The third-order valence-corrected chi connectivity index (χ3v) is 6.28. The van der Waals surface area contributed by atoms with E-state index in [9.17, 15) is 13.2 Å². The van der Waals surface area contributed by atoms with Crippen LogP contribution in [0.25, 0.3) is 0 Å². The molecule has 28 heavy (non-hydrogen) atoms. The lowest BCUT2D eigenvalue weighted by atomic mass is 10.2. The van der Waals surface area contributed by atoms with Crippen molar-refractivity contribution in [3.05, 3.63) is 48.0 Å². The van der Waals surface area contributed by atoms with Crippen LogP contribution < -0.4 is 14.8 Å². The van der Waals surface area contributed by atoms with Gasteiger partial charge in [-0.15, -0.1) is 0 Å². The number of amides is 1. The molecular weight excluding hydrogens is 384 g/mol. The molecule has 9 heteroatoms. The Bertz CT molecular complexity index is 937. The maximum absolute atomic E-state index is 12.6. The molecule has 2 aromatic rings. The van der Waals surface area contributed by atoms with Crippen LogP contribution in [0.3, 0.4) is 0 Å². The highest BCUT2D eigenvalue weighted by Crippen LogP contribution is 2.30. The Morgan fingerprint density at radius 2 is 1.64 bits per heavy atom. The van der Waals surface area contributed by atoms with Crippen molar-refractivity contribution in [2.75, 3.05) is 45.8 Å². The summed E-state index contributed by atoms with van der Waals surface area (Å²) in [7, 11) is -0.548. The van der Waals surface area contributed by atoms with Crippen molar-refractivity contribution in [1.82, 2.24) is 4.31 Å². The molecule has 1 N–H and O–H groups in total. The zero-order valence-corrected chi connectivity index (χ0v) is 16.5. The van der Waals surface area contributed by atoms with Crippen molar-refractivity contribution in [3.8, 4) is 11.5 Å². The molecule has 0 bridgehead atoms. The van der Waals surface area contributed by atoms with Crippen molar-refractivity contribution in [2.24, 2.45) is 0 Å². The number of nitrogens with one attached hydrogen (secondary N) is 1. The number of ether oxygens (including phenoxy) is 3. The summed E-state index contributed by atoms with van der Waals surface area (Å²) in [6.07, 6.45) is 0. The largest absolute Gasteiger partial charge is 0.493 e. The lowest BCUT2D eigenvalue weighted by molar-refractivity contribution is 0.0730. The highest BCUT2D eigenvalue weighted by molar-refractivity contribution is 7.89. The van der Waals surface area contributed by atoms with Gasteiger partial charge in [-0.1, -0.05) is 0 Å². The Kier molecular flexibility index (Phi) is 6.18. The van der Waals surface area contributed by atoms with Gasteiger partial charge in [-0.25, -0.2) is 8.42 Å². The zero-order valence-electron chi connectivity index (χ0n) is 15.7. The van der Waals surface area contributed by atoms with E-state index in [4.69, 9.17) is 14.2 Å². The van der Waals surface area contributed by atoms with Gasteiger partial charge in [-0.05, 0) is 36.4 Å². The predicted octanol–water partition coefficient (Wildman–Crippen LogP) is 1.98. The Morgan fingerprint density at radius 1 is 1.00 bits per heavy atom. The number of carbonyl (C=O) groups is 1. The maximum Gasteiger partial charge on any atom is 0.255 e. The van der Waals surface area contributed by atoms with Gasteiger partial charge in [0.15, 0.2) is 11.5 Å². The minimum Gasteiger partial charge on any atom is -0.493 e. The number of carbonyl (C=O) groups excluding carboxylic acids is 1. The molecule has 0 atom stereocenters. The Balaban J connectivity index is 1.73. The van der Waals surface area contributed by atoms with Crippen molar-refractivity contribution in [2.45, 2.75) is 4.90 Å². The second-order valence-electron chi connectivity index (χ2n) is 6.06. The molecule has 8 nitrogen and oxygen atoms in total. The molecule has 0 radical (unpaired) electrons. The van der Waals surface area contributed by atoms with Crippen molar-refractivity contribution < 1.29 is 27.4 Å². The van der Waals surface area contributed by atoms with Crippen LogP contribution in [0.2, 0.25) is 0 Å². The number of benzene rings is 2. The van der Waals surface area contributed by atoms with Crippen molar-refractivity contribution >= 4 is 21.6 Å². The highest BCUT2D eigenvalue weighted by atomic mass is 32.2. The first-order valence-corrected chi connectivity index (χ1v) is 10.1. The summed E-state index contributed by atoms with van der Waals surface area (Å²) in [5, 5.41) is 2.75. The molecule has 150 valence electrons. The molecule has 1 amide bonds. The van der Waals surface area contributed by atoms with Crippen LogP contribution in [0, 0.1) is 0 Å². The van der Waals surface area contributed by atoms with Crippen LogP contribution >= 0.6 is 0 Å². The fourth-order valence-corrected chi connectivity index (χ4v) is 4.24. The molecule has 0 saturated carbocycles. The normalized spacial score (nSPS) is 15.1. The van der Waals surface area contributed by atoms with E-state index in [1.54, 1.807) is 18.2 Å². The second kappa shape index (κ2) is 8.59.